The maximum atomic E-state index is 10.8. The highest BCUT2D eigenvalue weighted by molar-refractivity contribution is 6.01. The maximum Gasteiger partial charge on any atom is 0.355 e. The molecule has 4 heterocycles. The van der Waals surface area contributed by atoms with Gasteiger partial charge in [-0.3, -0.25) is 0 Å². The van der Waals surface area contributed by atoms with Crippen molar-refractivity contribution in [3.05, 3.63) is 54.6 Å². The second-order valence-electron chi connectivity index (χ2n) is 7.54. The molecular weight excluding hydrogens is 446 g/mol. The number of piperidine rings is 1. The van der Waals surface area contributed by atoms with E-state index in [4.69, 9.17) is 14.6 Å². The number of pyridine rings is 1. The number of benzene rings is 1. The number of morpholine rings is 1. The van der Waals surface area contributed by atoms with E-state index in [0.29, 0.717) is 11.3 Å². The van der Waals surface area contributed by atoms with Crippen molar-refractivity contribution in [1.29, 1.82) is 0 Å². The van der Waals surface area contributed by atoms with Crippen molar-refractivity contribution in [3.8, 4) is 5.88 Å². The summed E-state index contributed by atoms with van der Waals surface area (Å²) in [7, 11) is 0. The molecule has 2 fully saturated rings. The number of carboxylic acids is 1. The van der Waals surface area contributed by atoms with Crippen LogP contribution in [0.5, 0.6) is 5.88 Å². The fraction of sp³-hybridized carbons (Fsp3) is 0.391. The number of carboxylic acid groups (broad SMARTS) is 1. The molecular formula is C23H28ClN5O4. The summed E-state index contributed by atoms with van der Waals surface area (Å²) in [6.07, 6.45) is 7.22. The first-order valence-electron chi connectivity index (χ1n) is 10.8. The van der Waals surface area contributed by atoms with E-state index in [9.17, 15) is 4.79 Å². The van der Waals surface area contributed by atoms with Crippen LogP contribution in [0.4, 0.5) is 5.82 Å². The summed E-state index contributed by atoms with van der Waals surface area (Å²) in [6.45, 7) is 5.20. The second kappa shape index (κ2) is 12.3. The van der Waals surface area contributed by atoms with Crippen LogP contribution in [0.15, 0.2) is 48.9 Å². The van der Waals surface area contributed by atoms with E-state index in [-0.39, 0.29) is 24.2 Å². The molecule has 0 unspecified atom stereocenters. The normalized spacial score (nSPS) is 16.3. The highest BCUT2D eigenvalue weighted by Crippen LogP contribution is 2.25. The Labute approximate surface area is 198 Å². The van der Waals surface area contributed by atoms with Crippen molar-refractivity contribution in [2.24, 2.45) is 0 Å². The van der Waals surface area contributed by atoms with E-state index in [0.717, 1.165) is 63.4 Å². The van der Waals surface area contributed by atoms with Crippen LogP contribution in [-0.4, -0.2) is 71.5 Å². The Kier molecular flexibility index (Phi) is 9.17. The number of rotatable bonds is 4. The van der Waals surface area contributed by atoms with Crippen LogP contribution in [0.25, 0.3) is 10.8 Å². The Bertz CT molecular complexity index is 1040. The molecule has 0 atom stereocenters. The van der Waals surface area contributed by atoms with Crippen LogP contribution < -0.4 is 15.0 Å². The molecule has 2 N–H and O–H groups in total. The lowest BCUT2D eigenvalue weighted by atomic mass is 10.1. The molecule has 2 aliphatic rings. The van der Waals surface area contributed by atoms with E-state index < -0.39 is 5.97 Å². The number of nitrogens with zero attached hydrogens (tertiary/aromatic N) is 4. The molecule has 5 rings (SSSR count). The van der Waals surface area contributed by atoms with Crippen molar-refractivity contribution in [3.63, 3.8) is 0 Å². The number of anilines is 1. The number of hydrogen-bond acceptors (Lipinski definition) is 8. The molecule has 0 amide bonds. The first-order chi connectivity index (χ1) is 15.7. The zero-order valence-electron chi connectivity index (χ0n) is 18.2. The zero-order chi connectivity index (χ0) is 22.2. The third-order valence-electron chi connectivity index (χ3n) is 5.40. The molecule has 2 saturated heterocycles. The van der Waals surface area contributed by atoms with E-state index in [1.807, 2.05) is 12.1 Å². The number of hydrogen-bond donors (Lipinski definition) is 2. The summed E-state index contributed by atoms with van der Waals surface area (Å²) in [5, 5.41) is 13.7. The lowest BCUT2D eigenvalue weighted by molar-refractivity contribution is 0.0693. The van der Waals surface area contributed by atoms with Gasteiger partial charge in [0, 0.05) is 37.1 Å². The third kappa shape index (κ3) is 6.50. The summed E-state index contributed by atoms with van der Waals surface area (Å²) in [5.74, 6) is 0.525. The molecule has 33 heavy (non-hydrogen) atoms. The highest BCUT2D eigenvalue weighted by atomic mass is 35.5. The van der Waals surface area contributed by atoms with Crippen molar-refractivity contribution in [2.45, 2.75) is 18.9 Å². The summed E-state index contributed by atoms with van der Waals surface area (Å²) >= 11 is 0. The molecule has 0 saturated carbocycles. The fourth-order valence-corrected chi connectivity index (χ4v) is 3.75. The molecule has 0 spiro atoms. The molecule has 0 bridgehead atoms. The minimum atomic E-state index is -0.989. The lowest BCUT2D eigenvalue weighted by Crippen LogP contribution is -2.38. The molecule has 0 radical (unpaired) electrons. The predicted octanol–water partition coefficient (Wildman–Crippen LogP) is 2.80. The lowest BCUT2D eigenvalue weighted by Gasteiger charge is -2.30. The summed E-state index contributed by atoms with van der Waals surface area (Å²) < 4.78 is 11.4. The quantitative estimate of drug-likeness (QED) is 0.590. The van der Waals surface area contributed by atoms with Gasteiger partial charge in [-0.25, -0.2) is 19.7 Å². The van der Waals surface area contributed by atoms with Crippen LogP contribution in [0.1, 0.15) is 23.3 Å². The van der Waals surface area contributed by atoms with Crippen LogP contribution >= 0.6 is 12.4 Å². The predicted molar refractivity (Wildman–Crippen MR) is 128 cm³/mol. The monoisotopic (exact) mass is 473 g/mol. The summed E-state index contributed by atoms with van der Waals surface area (Å²) in [6, 6.07) is 9.08. The molecule has 9 nitrogen and oxygen atoms in total. The Hall–Kier alpha value is -3.01. The van der Waals surface area contributed by atoms with Gasteiger partial charge in [-0.1, -0.05) is 24.3 Å². The Morgan fingerprint density at radius 3 is 2.52 bits per heavy atom. The number of nitrogens with one attached hydrogen (secondary N) is 1. The molecule has 0 aliphatic carbocycles. The average Bonchev–Trinajstić information content (AvgIpc) is 2.85. The number of fused-ring (bicyclic) bond motifs is 1. The topological polar surface area (TPSA) is 110 Å². The van der Waals surface area contributed by atoms with E-state index >= 15 is 0 Å². The minimum absolute atomic E-state index is 0. The zero-order valence-corrected chi connectivity index (χ0v) is 19.0. The number of carbonyl (C=O) groups is 1. The van der Waals surface area contributed by atoms with Crippen molar-refractivity contribution < 1.29 is 19.4 Å². The first kappa shape index (κ1) is 24.6. The second-order valence-corrected chi connectivity index (χ2v) is 7.54. The number of ether oxygens (including phenoxy) is 2. The van der Waals surface area contributed by atoms with Crippen molar-refractivity contribution >= 4 is 35.0 Å². The highest BCUT2D eigenvalue weighted by Gasteiger charge is 2.21. The number of aromatic nitrogens is 3. The number of aromatic carboxylic acids is 1. The van der Waals surface area contributed by atoms with Gasteiger partial charge in [0.1, 0.15) is 6.10 Å². The van der Waals surface area contributed by atoms with Gasteiger partial charge in [0.2, 0.25) is 0 Å². The van der Waals surface area contributed by atoms with Gasteiger partial charge in [-0.15, -0.1) is 12.4 Å². The van der Waals surface area contributed by atoms with Gasteiger partial charge in [0.25, 0.3) is 5.88 Å². The van der Waals surface area contributed by atoms with E-state index in [1.165, 1.54) is 6.20 Å². The fourth-order valence-electron chi connectivity index (χ4n) is 3.75. The van der Waals surface area contributed by atoms with E-state index in [1.54, 1.807) is 30.6 Å². The van der Waals surface area contributed by atoms with Crippen LogP contribution in [0, 0.1) is 0 Å². The van der Waals surface area contributed by atoms with Crippen molar-refractivity contribution in [2.75, 3.05) is 44.3 Å². The largest absolute Gasteiger partial charge is 0.476 e. The SMILES string of the molecule is Cl.O=C(O)c1nccc2ccccc12.c1cnc(N2CCOCC2)c(OC2CCNCC2)n1. The Balaban J connectivity index is 0.000000192. The Morgan fingerprint density at radius 1 is 1.03 bits per heavy atom. The molecule has 2 aliphatic heterocycles. The van der Waals surface area contributed by atoms with E-state index in [2.05, 4.69) is 25.2 Å². The maximum absolute atomic E-state index is 10.8. The number of halogens is 1. The smallest absolute Gasteiger partial charge is 0.355 e. The van der Waals surface area contributed by atoms with Gasteiger partial charge >= 0.3 is 5.97 Å². The Morgan fingerprint density at radius 2 is 1.76 bits per heavy atom. The molecule has 1 aromatic carbocycles. The molecule has 10 heteroatoms. The van der Waals surface area contributed by atoms with Crippen LogP contribution in [0.3, 0.4) is 0 Å². The van der Waals surface area contributed by atoms with Crippen molar-refractivity contribution in [1.82, 2.24) is 20.3 Å². The van der Waals surface area contributed by atoms with Gasteiger partial charge in [0.15, 0.2) is 11.5 Å². The standard InChI is InChI=1S/C13H20N4O2.C10H7NO2.ClH/c1-3-14-4-2-11(1)19-13-12(15-5-6-16-13)17-7-9-18-10-8-17;12-10(13)9-8-4-2-1-3-7(8)5-6-11-9;/h5-6,11,14H,1-4,7-10H2;1-6H,(H,12,13);1H. The van der Waals surface area contributed by atoms with Gasteiger partial charge < -0.3 is 24.8 Å². The molecule has 2 aromatic heterocycles. The van der Waals surface area contributed by atoms with Crippen LogP contribution in [0.2, 0.25) is 0 Å². The minimum Gasteiger partial charge on any atom is -0.476 e. The summed E-state index contributed by atoms with van der Waals surface area (Å²) in [5.41, 5.74) is 0.109. The van der Waals surface area contributed by atoms with Gasteiger partial charge in [-0.2, -0.15) is 0 Å². The van der Waals surface area contributed by atoms with Gasteiger partial charge in [-0.05, 0) is 37.4 Å². The third-order valence-corrected chi connectivity index (χ3v) is 5.40. The van der Waals surface area contributed by atoms with Crippen LogP contribution in [-0.2, 0) is 4.74 Å². The van der Waals surface area contributed by atoms with Gasteiger partial charge in [0.05, 0.1) is 13.2 Å². The molecule has 176 valence electrons. The summed E-state index contributed by atoms with van der Waals surface area (Å²) in [4.78, 5) is 25.5. The average molecular weight is 474 g/mol. The first-order valence-corrected chi connectivity index (χ1v) is 10.8. The molecule has 3 aromatic rings.